The van der Waals surface area contributed by atoms with Crippen molar-refractivity contribution in [1.82, 2.24) is 9.97 Å². The monoisotopic (exact) mass is 588 g/mol. The number of pyridine rings is 2. The van der Waals surface area contributed by atoms with E-state index < -0.39 is 14.7 Å². The van der Waals surface area contributed by atoms with Crippen molar-refractivity contribution in [3.05, 3.63) is 158 Å². The molecule has 0 aliphatic heterocycles. The molecule has 6 nitrogen and oxygen atoms in total. The van der Waals surface area contributed by atoms with Gasteiger partial charge in [0.2, 0.25) is 0 Å². The lowest BCUT2D eigenvalue weighted by atomic mass is 10.2. The molecule has 0 N–H and O–H groups in total. The normalized spacial score (nSPS) is 11.5. The first-order chi connectivity index (χ1) is 20.6. The van der Waals surface area contributed by atoms with Crippen LogP contribution in [0.15, 0.2) is 158 Å². The average molecular weight is 589 g/mol. The Morgan fingerprint density at radius 1 is 0.381 bits per heavy atom. The Kier molecular flexibility index (Phi) is 7.83. The Morgan fingerprint density at radius 3 is 0.952 bits per heavy atom. The number of benzene rings is 4. The largest absolute Gasteiger partial charge is 0.434 e. The fourth-order valence-electron chi connectivity index (χ4n) is 4.57. The van der Waals surface area contributed by atoms with Gasteiger partial charge in [0, 0.05) is 12.4 Å². The van der Waals surface area contributed by atoms with Gasteiger partial charge in [-0.3, -0.25) is 19.1 Å². The van der Waals surface area contributed by atoms with Gasteiger partial charge in [0.15, 0.2) is 11.5 Å². The van der Waals surface area contributed by atoms with Crippen LogP contribution in [0.5, 0.6) is 11.5 Å². The number of nitrogens with zero attached hydrogens (tertiary/aromatic N) is 2. The summed E-state index contributed by atoms with van der Waals surface area (Å²) in [6.07, 6.45) is 3.20. The van der Waals surface area contributed by atoms with Crippen molar-refractivity contribution in [2.24, 2.45) is 0 Å². The van der Waals surface area contributed by atoms with E-state index in [2.05, 4.69) is 9.97 Å². The van der Waals surface area contributed by atoms with E-state index in [1.807, 2.05) is 72.8 Å². The molecule has 2 aromatic heterocycles. The van der Waals surface area contributed by atoms with E-state index in [1.54, 1.807) is 85.2 Å². The summed E-state index contributed by atoms with van der Waals surface area (Å²) >= 11 is 0. The van der Waals surface area contributed by atoms with Gasteiger partial charge < -0.3 is 9.05 Å². The third kappa shape index (κ3) is 5.43. The molecule has 4 aromatic carbocycles. The van der Waals surface area contributed by atoms with Gasteiger partial charge in [-0.05, 0) is 72.8 Å². The summed E-state index contributed by atoms with van der Waals surface area (Å²) in [6, 6.07) is 43.2. The lowest BCUT2D eigenvalue weighted by molar-refractivity contribution is 0.497. The summed E-state index contributed by atoms with van der Waals surface area (Å²) in [5.41, 5.74) is 0.626. The molecule has 206 valence electrons. The van der Waals surface area contributed by atoms with Crippen molar-refractivity contribution < 1.29 is 18.2 Å². The molecule has 2 heterocycles. The second-order valence-electron chi connectivity index (χ2n) is 9.33. The second-order valence-corrected chi connectivity index (χ2v) is 14.0. The van der Waals surface area contributed by atoms with Crippen LogP contribution in [0.4, 0.5) is 0 Å². The van der Waals surface area contributed by atoms with Crippen molar-refractivity contribution in [2.75, 3.05) is 0 Å². The lowest BCUT2D eigenvalue weighted by Gasteiger charge is -2.23. The summed E-state index contributed by atoms with van der Waals surface area (Å²) in [7, 11) is -7.22. The van der Waals surface area contributed by atoms with E-state index >= 15 is 0 Å². The molecule has 6 rings (SSSR count). The van der Waals surface area contributed by atoms with Crippen LogP contribution >= 0.6 is 14.7 Å². The van der Waals surface area contributed by atoms with Gasteiger partial charge in [-0.25, -0.2) is 0 Å². The van der Waals surface area contributed by atoms with Crippen LogP contribution in [-0.2, 0) is 9.13 Å². The van der Waals surface area contributed by atoms with E-state index in [1.165, 1.54) is 0 Å². The minimum atomic E-state index is -3.61. The van der Waals surface area contributed by atoms with Gasteiger partial charge in [-0.15, -0.1) is 0 Å². The number of hydrogen-bond donors (Lipinski definition) is 0. The molecule has 0 saturated carbocycles. The molecule has 0 aliphatic rings. The quantitative estimate of drug-likeness (QED) is 0.174. The van der Waals surface area contributed by atoms with Gasteiger partial charge in [0.05, 0.1) is 21.2 Å². The van der Waals surface area contributed by atoms with Crippen LogP contribution in [0.3, 0.4) is 0 Å². The summed E-state index contributed by atoms with van der Waals surface area (Å²) in [5, 5.41) is 2.17. The van der Waals surface area contributed by atoms with Crippen molar-refractivity contribution >= 4 is 36.0 Å². The first-order valence-corrected chi connectivity index (χ1v) is 16.5. The Morgan fingerprint density at radius 2 is 0.667 bits per heavy atom. The fraction of sp³-hybridized carbons (Fsp3) is 0. The molecule has 8 heteroatoms. The van der Waals surface area contributed by atoms with E-state index in [0.717, 1.165) is 0 Å². The Labute approximate surface area is 244 Å². The highest BCUT2D eigenvalue weighted by Crippen LogP contribution is 2.50. The summed E-state index contributed by atoms with van der Waals surface area (Å²) < 4.78 is 42.3. The Hall–Kier alpha value is -4.76. The highest BCUT2D eigenvalue weighted by Gasteiger charge is 2.34. The zero-order chi connectivity index (χ0) is 28.8. The maximum absolute atomic E-state index is 14.7. The standard InChI is InChI=1S/C34H26N2O4P2/c37-41(27-15-5-1-6-16-27,28-17-7-2-8-18-28)39-31-23-13-25-35-33(31)34-32(24-14-26-36-34)40-42(38,29-19-9-3-10-20-29)30-21-11-4-12-22-30/h1-26H. The summed E-state index contributed by atoms with van der Waals surface area (Å²) in [6.45, 7) is 0. The van der Waals surface area contributed by atoms with Gasteiger partial charge in [-0.2, -0.15) is 0 Å². The first kappa shape index (κ1) is 27.4. The average Bonchev–Trinajstić information content (AvgIpc) is 3.07. The van der Waals surface area contributed by atoms with Gasteiger partial charge in [0.1, 0.15) is 11.4 Å². The second kappa shape index (κ2) is 12.0. The van der Waals surface area contributed by atoms with E-state index in [9.17, 15) is 9.13 Å². The molecule has 0 spiro atoms. The predicted molar refractivity (Wildman–Crippen MR) is 168 cm³/mol. The third-order valence-electron chi connectivity index (χ3n) is 6.60. The van der Waals surface area contributed by atoms with E-state index in [4.69, 9.17) is 9.05 Å². The molecular weight excluding hydrogens is 562 g/mol. The fourth-order valence-corrected chi connectivity index (χ4v) is 8.69. The minimum Gasteiger partial charge on any atom is -0.434 e. The van der Waals surface area contributed by atoms with Gasteiger partial charge in [0.25, 0.3) is 0 Å². The third-order valence-corrected chi connectivity index (χ3v) is 11.4. The van der Waals surface area contributed by atoms with Gasteiger partial charge in [-0.1, -0.05) is 72.8 Å². The number of hydrogen-bond acceptors (Lipinski definition) is 6. The molecule has 42 heavy (non-hydrogen) atoms. The molecule has 0 radical (unpaired) electrons. The van der Waals surface area contributed by atoms with Crippen molar-refractivity contribution in [3.8, 4) is 22.9 Å². The number of aromatic nitrogens is 2. The SMILES string of the molecule is O=P(Oc1cccnc1-c1ncccc1OP(=O)(c1ccccc1)c1ccccc1)(c1ccccc1)c1ccccc1. The zero-order valence-electron chi connectivity index (χ0n) is 22.4. The van der Waals surface area contributed by atoms with Crippen molar-refractivity contribution in [3.63, 3.8) is 0 Å². The topological polar surface area (TPSA) is 78.4 Å². The van der Waals surface area contributed by atoms with E-state index in [-0.39, 0.29) is 11.5 Å². The molecule has 0 aliphatic carbocycles. The Balaban J connectivity index is 1.46. The zero-order valence-corrected chi connectivity index (χ0v) is 24.2. The number of rotatable bonds is 9. The molecule has 0 saturated heterocycles. The van der Waals surface area contributed by atoms with E-state index in [0.29, 0.717) is 32.6 Å². The highest BCUT2D eigenvalue weighted by molar-refractivity contribution is 7.75. The van der Waals surface area contributed by atoms with Crippen LogP contribution in [0.25, 0.3) is 11.4 Å². The van der Waals surface area contributed by atoms with Crippen LogP contribution in [0.2, 0.25) is 0 Å². The van der Waals surface area contributed by atoms with Crippen molar-refractivity contribution in [1.29, 1.82) is 0 Å². The molecule has 0 unspecified atom stereocenters. The van der Waals surface area contributed by atoms with Crippen molar-refractivity contribution in [2.45, 2.75) is 0 Å². The first-order valence-electron chi connectivity index (χ1n) is 13.3. The maximum Gasteiger partial charge on any atom is 0.306 e. The molecular formula is C34H26N2O4P2. The molecule has 0 bridgehead atoms. The van der Waals surface area contributed by atoms with Crippen LogP contribution < -0.4 is 30.3 Å². The van der Waals surface area contributed by atoms with Crippen LogP contribution in [-0.4, -0.2) is 9.97 Å². The van der Waals surface area contributed by atoms with Crippen LogP contribution in [0, 0.1) is 0 Å². The highest BCUT2D eigenvalue weighted by atomic mass is 31.2. The minimum absolute atomic E-state index is 0.256. The maximum atomic E-state index is 14.7. The molecule has 6 aromatic rings. The lowest BCUT2D eigenvalue weighted by Crippen LogP contribution is -2.21. The molecule has 0 amide bonds. The van der Waals surface area contributed by atoms with Gasteiger partial charge >= 0.3 is 14.7 Å². The molecule has 0 atom stereocenters. The smallest absolute Gasteiger partial charge is 0.306 e. The Bertz CT molecular complexity index is 1660. The van der Waals surface area contributed by atoms with Crippen LogP contribution in [0.1, 0.15) is 0 Å². The molecule has 0 fully saturated rings. The summed E-state index contributed by atoms with van der Waals surface area (Å²) in [5.74, 6) is 0.512. The summed E-state index contributed by atoms with van der Waals surface area (Å²) in [4.78, 5) is 9.16. The predicted octanol–water partition coefficient (Wildman–Crippen LogP) is 6.76.